The SMILES string of the molecule is Nc1ccc(Cl)cc1Sc1ccncc1. The average Bonchev–Trinajstić information content (AvgIpc) is 2.25. The summed E-state index contributed by atoms with van der Waals surface area (Å²) in [5.74, 6) is 0. The van der Waals surface area contributed by atoms with Crippen LogP contribution < -0.4 is 5.73 Å². The number of benzene rings is 1. The number of nitrogen functional groups attached to an aromatic ring is 1. The second-order valence-electron chi connectivity index (χ2n) is 2.97. The Hall–Kier alpha value is -1.19. The van der Waals surface area contributed by atoms with Crippen LogP contribution in [0.15, 0.2) is 52.5 Å². The number of nitrogens with zero attached hydrogens (tertiary/aromatic N) is 1. The lowest BCUT2D eigenvalue weighted by Gasteiger charge is -2.05. The molecule has 15 heavy (non-hydrogen) atoms. The molecule has 1 heterocycles. The van der Waals surface area contributed by atoms with Crippen LogP contribution in [0, 0.1) is 0 Å². The first-order valence-electron chi connectivity index (χ1n) is 4.38. The van der Waals surface area contributed by atoms with Crippen LogP contribution in [-0.2, 0) is 0 Å². The molecule has 2 nitrogen and oxygen atoms in total. The van der Waals surface area contributed by atoms with E-state index in [0.29, 0.717) is 5.02 Å². The van der Waals surface area contributed by atoms with Gasteiger partial charge in [-0.3, -0.25) is 4.98 Å². The molecule has 0 fully saturated rings. The normalized spacial score (nSPS) is 10.2. The van der Waals surface area contributed by atoms with Gasteiger partial charge in [-0.05, 0) is 30.3 Å². The van der Waals surface area contributed by atoms with Gasteiger partial charge in [0.2, 0.25) is 0 Å². The summed E-state index contributed by atoms with van der Waals surface area (Å²) in [7, 11) is 0. The molecule has 0 radical (unpaired) electrons. The number of aromatic nitrogens is 1. The number of hydrogen-bond acceptors (Lipinski definition) is 3. The lowest BCUT2D eigenvalue weighted by molar-refractivity contribution is 1.26. The van der Waals surface area contributed by atoms with Gasteiger partial charge in [0.15, 0.2) is 0 Å². The van der Waals surface area contributed by atoms with E-state index >= 15 is 0 Å². The van der Waals surface area contributed by atoms with Crippen LogP contribution in [-0.4, -0.2) is 4.98 Å². The zero-order valence-electron chi connectivity index (χ0n) is 7.85. The molecule has 0 unspecified atom stereocenters. The van der Waals surface area contributed by atoms with Crippen molar-refractivity contribution in [2.24, 2.45) is 0 Å². The van der Waals surface area contributed by atoms with Crippen molar-refractivity contribution in [3.8, 4) is 0 Å². The predicted octanol–water partition coefficient (Wildman–Crippen LogP) is 3.47. The molecule has 0 aliphatic carbocycles. The largest absolute Gasteiger partial charge is 0.398 e. The summed E-state index contributed by atoms with van der Waals surface area (Å²) >= 11 is 7.48. The van der Waals surface area contributed by atoms with Crippen LogP contribution in [0.25, 0.3) is 0 Å². The van der Waals surface area contributed by atoms with Crippen LogP contribution in [0.1, 0.15) is 0 Å². The van der Waals surface area contributed by atoms with Crippen LogP contribution in [0.5, 0.6) is 0 Å². The standard InChI is InChI=1S/C11H9ClN2S/c12-8-1-2-10(13)11(7-8)15-9-3-5-14-6-4-9/h1-7H,13H2. The molecule has 1 aromatic carbocycles. The molecular weight excluding hydrogens is 228 g/mol. The Morgan fingerprint density at radius 1 is 1.13 bits per heavy atom. The Morgan fingerprint density at radius 3 is 2.60 bits per heavy atom. The molecule has 0 aliphatic heterocycles. The minimum absolute atomic E-state index is 0.695. The Morgan fingerprint density at radius 2 is 1.87 bits per heavy atom. The minimum Gasteiger partial charge on any atom is -0.398 e. The van der Waals surface area contributed by atoms with Crippen LogP contribution >= 0.6 is 23.4 Å². The number of halogens is 1. The molecule has 2 N–H and O–H groups in total. The molecule has 2 aromatic rings. The van der Waals surface area contributed by atoms with E-state index in [1.54, 1.807) is 30.2 Å². The van der Waals surface area contributed by atoms with E-state index in [1.165, 1.54) is 0 Å². The van der Waals surface area contributed by atoms with E-state index in [1.807, 2.05) is 24.3 Å². The third-order valence-electron chi connectivity index (χ3n) is 1.85. The average molecular weight is 237 g/mol. The first-order chi connectivity index (χ1) is 7.25. The lowest BCUT2D eigenvalue weighted by atomic mass is 10.3. The first-order valence-corrected chi connectivity index (χ1v) is 5.58. The molecule has 0 saturated heterocycles. The Balaban J connectivity index is 2.28. The van der Waals surface area contributed by atoms with E-state index in [4.69, 9.17) is 17.3 Å². The molecule has 76 valence electrons. The zero-order valence-corrected chi connectivity index (χ0v) is 9.42. The van der Waals surface area contributed by atoms with Gasteiger partial charge in [0, 0.05) is 32.9 Å². The van der Waals surface area contributed by atoms with E-state index < -0.39 is 0 Å². The van der Waals surface area contributed by atoms with Gasteiger partial charge in [0.25, 0.3) is 0 Å². The highest BCUT2D eigenvalue weighted by Gasteiger charge is 2.02. The van der Waals surface area contributed by atoms with E-state index in [9.17, 15) is 0 Å². The van der Waals surface area contributed by atoms with Crippen LogP contribution in [0.2, 0.25) is 5.02 Å². The topological polar surface area (TPSA) is 38.9 Å². The van der Waals surface area contributed by atoms with E-state index in [-0.39, 0.29) is 0 Å². The molecule has 0 aliphatic rings. The fraction of sp³-hybridized carbons (Fsp3) is 0. The highest BCUT2D eigenvalue weighted by molar-refractivity contribution is 7.99. The van der Waals surface area contributed by atoms with Gasteiger partial charge >= 0.3 is 0 Å². The fourth-order valence-corrected chi connectivity index (χ4v) is 2.25. The van der Waals surface area contributed by atoms with E-state index in [2.05, 4.69) is 4.98 Å². The molecule has 0 bridgehead atoms. The number of nitrogens with two attached hydrogens (primary N) is 1. The van der Waals surface area contributed by atoms with Crippen molar-refractivity contribution in [3.63, 3.8) is 0 Å². The van der Waals surface area contributed by atoms with Gasteiger partial charge in [-0.2, -0.15) is 0 Å². The fourth-order valence-electron chi connectivity index (χ4n) is 1.13. The van der Waals surface area contributed by atoms with Gasteiger partial charge in [-0.15, -0.1) is 0 Å². The summed E-state index contributed by atoms with van der Waals surface area (Å²) in [5.41, 5.74) is 6.58. The van der Waals surface area contributed by atoms with Crippen molar-refractivity contribution >= 4 is 29.1 Å². The number of rotatable bonds is 2. The number of pyridine rings is 1. The number of anilines is 1. The van der Waals surface area contributed by atoms with Crippen molar-refractivity contribution < 1.29 is 0 Å². The second-order valence-corrected chi connectivity index (χ2v) is 4.52. The Kier molecular flexibility index (Phi) is 3.14. The predicted molar refractivity (Wildman–Crippen MR) is 64.2 cm³/mol. The zero-order chi connectivity index (χ0) is 10.7. The van der Waals surface area contributed by atoms with Crippen molar-refractivity contribution in [3.05, 3.63) is 47.7 Å². The van der Waals surface area contributed by atoms with Crippen molar-refractivity contribution in [1.82, 2.24) is 4.98 Å². The van der Waals surface area contributed by atoms with E-state index in [0.717, 1.165) is 15.5 Å². The highest BCUT2D eigenvalue weighted by atomic mass is 35.5. The smallest absolute Gasteiger partial charge is 0.0456 e. The maximum absolute atomic E-state index is 5.90. The maximum Gasteiger partial charge on any atom is 0.0456 e. The first kappa shape index (κ1) is 10.3. The van der Waals surface area contributed by atoms with Crippen molar-refractivity contribution in [2.75, 3.05) is 5.73 Å². The quantitative estimate of drug-likeness (QED) is 0.812. The third kappa shape index (κ3) is 2.64. The Bertz CT molecular complexity index is 459. The molecule has 0 saturated carbocycles. The molecule has 4 heteroatoms. The summed E-state index contributed by atoms with van der Waals surface area (Å²) in [6.45, 7) is 0. The van der Waals surface area contributed by atoms with Crippen LogP contribution in [0.3, 0.4) is 0 Å². The highest BCUT2D eigenvalue weighted by Crippen LogP contribution is 2.33. The molecule has 0 atom stereocenters. The molecule has 2 rings (SSSR count). The summed E-state index contributed by atoms with van der Waals surface area (Å²) < 4.78 is 0. The van der Waals surface area contributed by atoms with Gasteiger partial charge in [0.05, 0.1) is 0 Å². The minimum atomic E-state index is 0.695. The van der Waals surface area contributed by atoms with Gasteiger partial charge < -0.3 is 5.73 Å². The molecular formula is C11H9ClN2S. The Labute approximate surface area is 97.5 Å². The maximum atomic E-state index is 5.90. The third-order valence-corrected chi connectivity index (χ3v) is 3.17. The lowest BCUT2D eigenvalue weighted by Crippen LogP contribution is -1.87. The summed E-state index contributed by atoms with van der Waals surface area (Å²) in [5, 5.41) is 0.695. The summed E-state index contributed by atoms with van der Waals surface area (Å²) in [4.78, 5) is 6.02. The van der Waals surface area contributed by atoms with Crippen molar-refractivity contribution in [2.45, 2.75) is 9.79 Å². The van der Waals surface area contributed by atoms with Gasteiger partial charge in [-0.25, -0.2) is 0 Å². The summed E-state index contributed by atoms with van der Waals surface area (Å²) in [6, 6.07) is 9.33. The van der Waals surface area contributed by atoms with Crippen molar-refractivity contribution in [1.29, 1.82) is 0 Å². The second kappa shape index (κ2) is 4.55. The molecule has 0 spiro atoms. The van der Waals surface area contributed by atoms with Crippen LogP contribution in [0.4, 0.5) is 5.69 Å². The monoisotopic (exact) mass is 236 g/mol. The molecule has 0 amide bonds. The van der Waals surface area contributed by atoms with Gasteiger partial charge in [-0.1, -0.05) is 23.4 Å². The molecule has 1 aromatic heterocycles. The number of hydrogen-bond donors (Lipinski definition) is 1. The summed E-state index contributed by atoms with van der Waals surface area (Å²) in [6.07, 6.45) is 3.51. The van der Waals surface area contributed by atoms with Gasteiger partial charge in [0.1, 0.15) is 0 Å².